The first-order valence-corrected chi connectivity index (χ1v) is 4.19. The van der Waals surface area contributed by atoms with E-state index in [4.69, 9.17) is 5.73 Å². The Balaban J connectivity index is 0. The van der Waals surface area contributed by atoms with Gasteiger partial charge in [0, 0.05) is 12.1 Å². The quantitative estimate of drug-likeness (QED) is 0.596. The molecule has 0 saturated heterocycles. The van der Waals surface area contributed by atoms with Gasteiger partial charge in [-0.25, -0.2) is 0 Å². The highest BCUT2D eigenvalue weighted by Gasteiger charge is 2.08. The standard InChI is InChI=1S/C8H18N2O.CH4/c1-3-7(9)5-8(4-2)10-6-11;/h6-8H,3-5,9H2,1-2H3,(H,10,11);1H4. The molecule has 74 valence electrons. The van der Waals surface area contributed by atoms with Gasteiger partial charge in [-0.1, -0.05) is 21.3 Å². The van der Waals surface area contributed by atoms with E-state index in [0.29, 0.717) is 0 Å². The maximum Gasteiger partial charge on any atom is 0.207 e. The molecule has 2 atom stereocenters. The zero-order chi connectivity index (χ0) is 8.69. The molecule has 0 bridgehead atoms. The van der Waals surface area contributed by atoms with E-state index in [1.54, 1.807) is 0 Å². The van der Waals surface area contributed by atoms with Gasteiger partial charge in [0.15, 0.2) is 0 Å². The van der Waals surface area contributed by atoms with Gasteiger partial charge in [-0.15, -0.1) is 0 Å². The molecule has 0 fully saturated rings. The van der Waals surface area contributed by atoms with Crippen LogP contribution in [0, 0.1) is 0 Å². The molecule has 3 N–H and O–H groups in total. The van der Waals surface area contributed by atoms with Crippen molar-refractivity contribution in [3.05, 3.63) is 0 Å². The summed E-state index contributed by atoms with van der Waals surface area (Å²) in [5.74, 6) is 0. The molecule has 0 rings (SSSR count). The first-order valence-electron chi connectivity index (χ1n) is 4.19. The van der Waals surface area contributed by atoms with Gasteiger partial charge < -0.3 is 11.1 Å². The monoisotopic (exact) mass is 174 g/mol. The maximum atomic E-state index is 10.1. The molecule has 0 radical (unpaired) electrons. The molecule has 0 aromatic carbocycles. The van der Waals surface area contributed by atoms with E-state index >= 15 is 0 Å². The van der Waals surface area contributed by atoms with Crippen molar-refractivity contribution in [2.24, 2.45) is 5.73 Å². The number of nitrogens with one attached hydrogen (secondary N) is 1. The molecule has 3 heteroatoms. The summed E-state index contributed by atoms with van der Waals surface area (Å²) in [6, 6.07) is 0.467. The van der Waals surface area contributed by atoms with Crippen molar-refractivity contribution in [1.82, 2.24) is 5.32 Å². The fourth-order valence-electron chi connectivity index (χ4n) is 0.981. The van der Waals surface area contributed by atoms with Crippen LogP contribution in [0.4, 0.5) is 0 Å². The first-order chi connectivity index (χ1) is 5.24. The third-order valence-corrected chi connectivity index (χ3v) is 1.91. The lowest BCUT2D eigenvalue weighted by Gasteiger charge is -2.17. The van der Waals surface area contributed by atoms with Gasteiger partial charge in [-0.05, 0) is 19.3 Å². The van der Waals surface area contributed by atoms with E-state index in [1.807, 2.05) is 6.92 Å². The Morgan fingerprint density at radius 2 is 2.00 bits per heavy atom. The summed E-state index contributed by atoms with van der Waals surface area (Å²) in [4.78, 5) is 10.1. The lowest BCUT2D eigenvalue weighted by Crippen LogP contribution is -2.34. The van der Waals surface area contributed by atoms with Crippen molar-refractivity contribution < 1.29 is 4.79 Å². The lowest BCUT2D eigenvalue weighted by molar-refractivity contribution is -0.110. The molecule has 12 heavy (non-hydrogen) atoms. The summed E-state index contributed by atoms with van der Waals surface area (Å²) in [7, 11) is 0. The van der Waals surface area contributed by atoms with Crippen LogP contribution in [0.2, 0.25) is 0 Å². The average molecular weight is 174 g/mol. The number of amides is 1. The summed E-state index contributed by atoms with van der Waals surface area (Å²) in [5, 5.41) is 2.74. The molecule has 0 aliphatic heterocycles. The molecule has 1 amide bonds. The van der Waals surface area contributed by atoms with Crippen molar-refractivity contribution in [3.63, 3.8) is 0 Å². The van der Waals surface area contributed by atoms with Crippen LogP contribution in [-0.4, -0.2) is 18.5 Å². The molecule has 0 aromatic rings. The van der Waals surface area contributed by atoms with Gasteiger partial charge in [0.1, 0.15) is 0 Å². The lowest BCUT2D eigenvalue weighted by atomic mass is 10.0. The third kappa shape index (κ3) is 6.16. The predicted molar refractivity (Wildman–Crippen MR) is 52.9 cm³/mol. The Morgan fingerprint density at radius 3 is 2.33 bits per heavy atom. The summed E-state index contributed by atoms with van der Waals surface area (Å²) >= 11 is 0. The van der Waals surface area contributed by atoms with Gasteiger partial charge in [0.2, 0.25) is 6.41 Å². The van der Waals surface area contributed by atoms with Gasteiger partial charge in [-0.3, -0.25) is 4.79 Å². The van der Waals surface area contributed by atoms with Gasteiger partial charge >= 0.3 is 0 Å². The van der Waals surface area contributed by atoms with Crippen LogP contribution in [0.15, 0.2) is 0 Å². The van der Waals surface area contributed by atoms with Gasteiger partial charge in [0.05, 0.1) is 0 Å². The number of hydrogen-bond donors (Lipinski definition) is 2. The molecule has 0 aliphatic carbocycles. The van der Waals surface area contributed by atoms with Crippen LogP contribution < -0.4 is 11.1 Å². The summed E-state index contributed by atoms with van der Waals surface area (Å²) in [5.41, 5.74) is 5.72. The minimum Gasteiger partial charge on any atom is -0.356 e. The Kier molecular flexibility index (Phi) is 9.93. The number of carbonyl (C=O) groups excluding carboxylic acids is 1. The molecule has 0 spiro atoms. The predicted octanol–water partition coefficient (Wildman–Crippen LogP) is 1.27. The van der Waals surface area contributed by atoms with Crippen molar-refractivity contribution in [3.8, 4) is 0 Å². The van der Waals surface area contributed by atoms with E-state index in [2.05, 4.69) is 12.2 Å². The minimum atomic E-state index is 0. The fourth-order valence-corrected chi connectivity index (χ4v) is 0.981. The molecule has 0 aliphatic rings. The van der Waals surface area contributed by atoms with E-state index in [9.17, 15) is 4.79 Å². The number of nitrogens with two attached hydrogens (primary N) is 1. The Hall–Kier alpha value is -0.570. The van der Waals surface area contributed by atoms with Crippen LogP contribution in [0.25, 0.3) is 0 Å². The first kappa shape index (κ1) is 14.0. The smallest absolute Gasteiger partial charge is 0.207 e. The average Bonchev–Trinajstić information content (AvgIpc) is 2.03. The highest BCUT2D eigenvalue weighted by Crippen LogP contribution is 2.02. The summed E-state index contributed by atoms with van der Waals surface area (Å²) in [6.07, 6.45) is 3.55. The SMILES string of the molecule is C.CCC(N)CC(CC)NC=O. The highest BCUT2D eigenvalue weighted by atomic mass is 16.1. The van der Waals surface area contributed by atoms with E-state index in [1.165, 1.54) is 0 Å². The van der Waals surface area contributed by atoms with Crippen LogP contribution in [0.1, 0.15) is 40.5 Å². The molecule has 0 saturated carbocycles. The van der Waals surface area contributed by atoms with Gasteiger partial charge in [-0.2, -0.15) is 0 Å². The second-order valence-corrected chi connectivity index (χ2v) is 2.79. The number of hydrogen-bond acceptors (Lipinski definition) is 2. The topological polar surface area (TPSA) is 55.1 Å². The zero-order valence-corrected chi connectivity index (χ0v) is 7.34. The zero-order valence-electron chi connectivity index (χ0n) is 7.34. The number of rotatable bonds is 6. The van der Waals surface area contributed by atoms with Crippen molar-refractivity contribution in [1.29, 1.82) is 0 Å². The normalized spacial score (nSPS) is 14.2. The molecule has 0 aromatic heterocycles. The van der Waals surface area contributed by atoms with E-state index in [-0.39, 0.29) is 19.5 Å². The largest absolute Gasteiger partial charge is 0.356 e. The summed E-state index contributed by atoms with van der Waals surface area (Å²) < 4.78 is 0. The fraction of sp³-hybridized carbons (Fsp3) is 0.889. The van der Waals surface area contributed by atoms with Crippen molar-refractivity contribution >= 4 is 6.41 Å². The highest BCUT2D eigenvalue weighted by molar-refractivity contribution is 5.46. The van der Waals surface area contributed by atoms with E-state index < -0.39 is 0 Å². The second kappa shape index (κ2) is 8.53. The Morgan fingerprint density at radius 1 is 1.42 bits per heavy atom. The van der Waals surface area contributed by atoms with Gasteiger partial charge in [0.25, 0.3) is 0 Å². The van der Waals surface area contributed by atoms with E-state index in [0.717, 1.165) is 25.7 Å². The molecular formula is C9H22N2O. The van der Waals surface area contributed by atoms with Crippen LogP contribution in [0.5, 0.6) is 0 Å². The Labute approximate surface area is 75.7 Å². The molecule has 0 heterocycles. The molecule has 3 nitrogen and oxygen atoms in total. The molecular weight excluding hydrogens is 152 g/mol. The maximum absolute atomic E-state index is 10.1. The second-order valence-electron chi connectivity index (χ2n) is 2.79. The number of carbonyl (C=O) groups is 1. The third-order valence-electron chi connectivity index (χ3n) is 1.91. The van der Waals surface area contributed by atoms with Crippen LogP contribution in [-0.2, 0) is 4.79 Å². The van der Waals surface area contributed by atoms with Crippen molar-refractivity contribution in [2.75, 3.05) is 0 Å². The minimum absolute atomic E-state index is 0. The molecule has 2 unspecified atom stereocenters. The Bertz CT molecular complexity index is 107. The van der Waals surface area contributed by atoms with Crippen LogP contribution in [0.3, 0.4) is 0 Å². The summed E-state index contributed by atoms with van der Waals surface area (Å²) in [6.45, 7) is 4.10. The van der Waals surface area contributed by atoms with Crippen LogP contribution >= 0.6 is 0 Å². The van der Waals surface area contributed by atoms with Crippen molar-refractivity contribution in [2.45, 2.75) is 52.6 Å².